The Morgan fingerprint density at radius 3 is 2.86 bits per heavy atom. The lowest BCUT2D eigenvalue weighted by molar-refractivity contribution is 0.0689. The van der Waals surface area contributed by atoms with Crippen molar-refractivity contribution in [2.75, 3.05) is 0 Å². The molecule has 1 fully saturated rings. The lowest BCUT2D eigenvalue weighted by Gasteiger charge is -2.00. The van der Waals surface area contributed by atoms with Crippen molar-refractivity contribution in [3.05, 3.63) is 11.4 Å². The van der Waals surface area contributed by atoms with Crippen LogP contribution < -0.4 is 0 Å². The quantitative estimate of drug-likeness (QED) is 0.780. The van der Waals surface area contributed by atoms with E-state index in [2.05, 4.69) is 10.3 Å². The van der Waals surface area contributed by atoms with Crippen LogP contribution in [0.1, 0.15) is 35.4 Å². The number of hydrogen-bond donors (Lipinski definition) is 1. The second-order valence-corrected chi connectivity index (χ2v) is 3.78. The van der Waals surface area contributed by atoms with Gasteiger partial charge in [0.25, 0.3) is 0 Å². The van der Waals surface area contributed by atoms with E-state index in [0.29, 0.717) is 5.69 Å². The predicted octanol–water partition coefficient (Wildman–Crippen LogP) is 1.08. The van der Waals surface area contributed by atoms with E-state index >= 15 is 0 Å². The molecule has 0 unspecified atom stereocenters. The Hall–Kier alpha value is -1.39. The zero-order chi connectivity index (χ0) is 10.1. The molecule has 1 N–H and O–H groups in total. The van der Waals surface area contributed by atoms with Gasteiger partial charge in [0.2, 0.25) is 0 Å². The molecule has 14 heavy (non-hydrogen) atoms. The molecule has 5 nitrogen and oxygen atoms in total. The van der Waals surface area contributed by atoms with Gasteiger partial charge in [-0.15, -0.1) is 5.10 Å². The van der Waals surface area contributed by atoms with Crippen LogP contribution in [0.4, 0.5) is 0 Å². The number of carboxylic acid groups (broad SMARTS) is 1. The zero-order valence-electron chi connectivity index (χ0n) is 8.10. The Morgan fingerprint density at radius 2 is 2.36 bits per heavy atom. The average Bonchev–Trinajstić information content (AvgIpc) is 2.87. The normalized spacial score (nSPS) is 15.8. The molecule has 0 aromatic carbocycles. The van der Waals surface area contributed by atoms with Crippen LogP contribution in [-0.2, 0) is 6.54 Å². The lowest BCUT2D eigenvalue weighted by atomic mass is 10.3. The summed E-state index contributed by atoms with van der Waals surface area (Å²) in [4.78, 5) is 10.7. The highest BCUT2D eigenvalue weighted by atomic mass is 16.4. The van der Waals surface area contributed by atoms with E-state index in [1.165, 1.54) is 12.8 Å². The van der Waals surface area contributed by atoms with Gasteiger partial charge < -0.3 is 5.11 Å². The fourth-order valence-electron chi connectivity index (χ4n) is 1.48. The minimum atomic E-state index is -1.000. The number of aromatic carboxylic acids is 1. The summed E-state index contributed by atoms with van der Waals surface area (Å²) in [5.41, 5.74) is 0.721. The topological polar surface area (TPSA) is 68.0 Å². The van der Waals surface area contributed by atoms with Crippen LogP contribution in [0.25, 0.3) is 0 Å². The second kappa shape index (κ2) is 3.40. The third kappa shape index (κ3) is 1.76. The molecule has 1 aliphatic carbocycles. The molecule has 0 amide bonds. The molecule has 0 atom stereocenters. The van der Waals surface area contributed by atoms with Crippen LogP contribution in [0, 0.1) is 12.8 Å². The van der Waals surface area contributed by atoms with Crippen molar-refractivity contribution in [2.24, 2.45) is 5.92 Å². The molecule has 1 heterocycles. The molecule has 0 spiro atoms. The van der Waals surface area contributed by atoms with Crippen molar-refractivity contribution >= 4 is 5.97 Å². The smallest absolute Gasteiger partial charge is 0.358 e. The summed E-state index contributed by atoms with van der Waals surface area (Å²) in [6, 6.07) is 0. The van der Waals surface area contributed by atoms with E-state index in [4.69, 9.17) is 5.11 Å². The van der Waals surface area contributed by atoms with E-state index in [1.807, 2.05) is 0 Å². The SMILES string of the molecule is Cc1c(C(=O)O)nnn1CCC1CC1. The van der Waals surface area contributed by atoms with Gasteiger partial charge in [0.15, 0.2) is 5.69 Å². The molecule has 76 valence electrons. The van der Waals surface area contributed by atoms with E-state index in [1.54, 1.807) is 11.6 Å². The Balaban J connectivity index is 2.05. The maximum absolute atomic E-state index is 10.7. The largest absolute Gasteiger partial charge is 0.476 e. The van der Waals surface area contributed by atoms with Gasteiger partial charge in [0, 0.05) is 6.54 Å². The maximum atomic E-state index is 10.7. The molecule has 0 bridgehead atoms. The van der Waals surface area contributed by atoms with Gasteiger partial charge in [0.1, 0.15) is 0 Å². The summed E-state index contributed by atoms with van der Waals surface area (Å²) < 4.78 is 1.68. The first-order valence-electron chi connectivity index (χ1n) is 4.82. The van der Waals surface area contributed by atoms with Crippen molar-refractivity contribution in [3.8, 4) is 0 Å². The predicted molar refractivity (Wildman–Crippen MR) is 49.1 cm³/mol. The molecule has 1 saturated carbocycles. The highest BCUT2D eigenvalue weighted by Gasteiger charge is 2.22. The Morgan fingerprint density at radius 1 is 1.64 bits per heavy atom. The fourth-order valence-corrected chi connectivity index (χ4v) is 1.48. The number of carbonyl (C=O) groups is 1. The van der Waals surface area contributed by atoms with Crippen molar-refractivity contribution < 1.29 is 9.90 Å². The van der Waals surface area contributed by atoms with Crippen molar-refractivity contribution in [2.45, 2.75) is 32.7 Å². The number of hydrogen-bond acceptors (Lipinski definition) is 3. The van der Waals surface area contributed by atoms with Gasteiger partial charge in [-0.25, -0.2) is 9.48 Å². The number of carboxylic acids is 1. The molecule has 1 aliphatic rings. The Kier molecular flexibility index (Phi) is 2.23. The van der Waals surface area contributed by atoms with Crippen LogP contribution >= 0.6 is 0 Å². The summed E-state index contributed by atoms with van der Waals surface area (Å²) in [5, 5.41) is 16.2. The second-order valence-electron chi connectivity index (χ2n) is 3.78. The van der Waals surface area contributed by atoms with Gasteiger partial charge in [-0.1, -0.05) is 18.1 Å². The van der Waals surface area contributed by atoms with Crippen molar-refractivity contribution in [1.82, 2.24) is 15.0 Å². The first-order chi connectivity index (χ1) is 6.68. The summed E-state index contributed by atoms with van der Waals surface area (Å²) in [5.74, 6) is -0.174. The number of aromatic nitrogens is 3. The number of nitrogens with zero attached hydrogens (tertiary/aromatic N) is 3. The zero-order valence-corrected chi connectivity index (χ0v) is 8.10. The highest BCUT2D eigenvalue weighted by molar-refractivity contribution is 5.86. The Labute approximate surface area is 81.7 Å². The van der Waals surface area contributed by atoms with Crippen LogP contribution in [-0.4, -0.2) is 26.1 Å². The van der Waals surface area contributed by atoms with Gasteiger partial charge in [-0.3, -0.25) is 0 Å². The van der Waals surface area contributed by atoms with Gasteiger partial charge in [-0.05, 0) is 19.3 Å². The fraction of sp³-hybridized carbons (Fsp3) is 0.667. The molecule has 5 heteroatoms. The summed E-state index contributed by atoms with van der Waals surface area (Å²) in [6.07, 6.45) is 3.70. The van der Waals surface area contributed by atoms with E-state index in [0.717, 1.165) is 18.9 Å². The highest BCUT2D eigenvalue weighted by Crippen LogP contribution is 2.32. The van der Waals surface area contributed by atoms with Gasteiger partial charge in [0.05, 0.1) is 5.69 Å². The number of rotatable bonds is 4. The van der Waals surface area contributed by atoms with Crippen molar-refractivity contribution in [1.29, 1.82) is 0 Å². The van der Waals surface area contributed by atoms with Gasteiger partial charge >= 0.3 is 5.97 Å². The average molecular weight is 195 g/mol. The minimum Gasteiger partial charge on any atom is -0.476 e. The van der Waals surface area contributed by atoms with E-state index in [-0.39, 0.29) is 5.69 Å². The lowest BCUT2D eigenvalue weighted by Crippen LogP contribution is -2.05. The van der Waals surface area contributed by atoms with Crippen molar-refractivity contribution in [3.63, 3.8) is 0 Å². The Bertz CT molecular complexity index is 355. The molecule has 0 aliphatic heterocycles. The molecular weight excluding hydrogens is 182 g/mol. The van der Waals surface area contributed by atoms with Crippen LogP contribution in [0.15, 0.2) is 0 Å². The molecule has 0 radical (unpaired) electrons. The van der Waals surface area contributed by atoms with Gasteiger partial charge in [-0.2, -0.15) is 0 Å². The standard InChI is InChI=1S/C9H13N3O2/c1-6-8(9(13)14)10-11-12(6)5-4-7-2-3-7/h7H,2-5H2,1H3,(H,13,14). The first-order valence-corrected chi connectivity index (χ1v) is 4.82. The third-order valence-electron chi connectivity index (χ3n) is 2.63. The molecular formula is C9H13N3O2. The monoisotopic (exact) mass is 195 g/mol. The summed E-state index contributed by atoms with van der Waals surface area (Å²) in [7, 11) is 0. The summed E-state index contributed by atoms with van der Waals surface area (Å²) in [6.45, 7) is 2.53. The molecule has 0 saturated heterocycles. The van der Waals surface area contributed by atoms with Crippen LogP contribution in [0.3, 0.4) is 0 Å². The molecule has 1 aromatic rings. The third-order valence-corrected chi connectivity index (χ3v) is 2.63. The summed E-state index contributed by atoms with van der Waals surface area (Å²) >= 11 is 0. The maximum Gasteiger partial charge on any atom is 0.358 e. The molecule has 2 rings (SSSR count). The first kappa shape index (κ1) is 9.18. The van der Waals surface area contributed by atoms with Crippen LogP contribution in [0.2, 0.25) is 0 Å². The van der Waals surface area contributed by atoms with E-state index < -0.39 is 5.97 Å². The van der Waals surface area contributed by atoms with Crippen LogP contribution in [0.5, 0.6) is 0 Å². The minimum absolute atomic E-state index is 0.0702. The molecule has 1 aromatic heterocycles. The van der Waals surface area contributed by atoms with E-state index in [9.17, 15) is 4.79 Å². The number of aryl methyl sites for hydroxylation is 1.